The molecule has 0 bridgehead atoms. The lowest BCUT2D eigenvalue weighted by Gasteiger charge is -2.07. The van der Waals surface area contributed by atoms with Crippen LogP contribution in [0.25, 0.3) is 0 Å². The summed E-state index contributed by atoms with van der Waals surface area (Å²) in [6, 6.07) is 8.54. The first-order valence-corrected chi connectivity index (χ1v) is 8.88. The van der Waals surface area contributed by atoms with E-state index in [2.05, 4.69) is 46.9 Å². The molecular formula is C17H27IO4. The van der Waals surface area contributed by atoms with Gasteiger partial charge in [0.15, 0.2) is 0 Å². The molecule has 0 heterocycles. The summed E-state index contributed by atoms with van der Waals surface area (Å²) >= 11 is 2.39. The van der Waals surface area contributed by atoms with Gasteiger partial charge in [-0.1, -0.05) is 18.2 Å². The topological polar surface area (TPSA) is 36.9 Å². The molecule has 1 aromatic carbocycles. The standard InChI is InChI=1S/C17H27IO4/c1-19-10-11-21-14-15-22-13-12-20-9-5-4-7-16-6-2-3-8-17(16)18/h2-3,6,8H,4-5,7,9-15H2,1H3. The fourth-order valence-corrected chi connectivity index (χ4v) is 2.56. The average molecular weight is 422 g/mol. The zero-order chi connectivity index (χ0) is 15.9. The lowest BCUT2D eigenvalue weighted by molar-refractivity contribution is 0.00328. The van der Waals surface area contributed by atoms with Crippen LogP contribution in [0.1, 0.15) is 18.4 Å². The summed E-state index contributed by atoms with van der Waals surface area (Å²) in [5, 5.41) is 0. The van der Waals surface area contributed by atoms with Crippen molar-refractivity contribution in [3.05, 3.63) is 33.4 Å². The molecule has 0 N–H and O–H groups in total. The molecule has 1 aromatic rings. The Morgan fingerprint density at radius 1 is 0.773 bits per heavy atom. The van der Waals surface area contributed by atoms with Gasteiger partial charge in [0.05, 0.1) is 39.6 Å². The molecule has 0 aliphatic rings. The highest BCUT2D eigenvalue weighted by atomic mass is 127. The van der Waals surface area contributed by atoms with Gasteiger partial charge in [-0.15, -0.1) is 0 Å². The first-order valence-electron chi connectivity index (χ1n) is 7.80. The van der Waals surface area contributed by atoms with E-state index in [1.54, 1.807) is 7.11 Å². The normalized spacial score (nSPS) is 11.0. The number of hydrogen-bond donors (Lipinski definition) is 0. The first-order chi connectivity index (χ1) is 10.8. The lowest BCUT2D eigenvalue weighted by Crippen LogP contribution is -2.11. The first kappa shape index (κ1) is 19.8. The third-order valence-electron chi connectivity index (χ3n) is 3.12. The highest BCUT2D eigenvalue weighted by Crippen LogP contribution is 2.13. The second-order valence-corrected chi connectivity index (χ2v) is 6.04. The molecule has 0 radical (unpaired) electrons. The molecule has 0 saturated heterocycles. The Balaban J connectivity index is 1.81. The fraction of sp³-hybridized carbons (Fsp3) is 0.647. The molecule has 0 atom stereocenters. The van der Waals surface area contributed by atoms with Crippen molar-refractivity contribution in [1.29, 1.82) is 0 Å². The van der Waals surface area contributed by atoms with Crippen molar-refractivity contribution in [2.24, 2.45) is 0 Å². The molecule has 0 spiro atoms. The third kappa shape index (κ3) is 10.5. The predicted molar refractivity (Wildman–Crippen MR) is 96.4 cm³/mol. The van der Waals surface area contributed by atoms with Crippen LogP contribution in [0.3, 0.4) is 0 Å². The van der Waals surface area contributed by atoms with Crippen molar-refractivity contribution in [3.8, 4) is 0 Å². The highest BCUT2D eigenvalue weighted by Gasteiger charge is 1.98. The van der Waals surface area contributed by atoms with E-state index in [-0.39, 0.29) is 0 Å². The summed E-state index contributed by atoms with van der Waals surface area (Å²) in [4.78, 5) is 0. The van der Waals surface area contributed by atoms with Crippen molar-refractivity contribution < 1.29 is 18.9 Å². The summed E-state index contributed by atoms with van der Waals surface area (Å²) in [7, 11) is 1.66. The van der Waals surface area contributed by atoms with Gasteiger partial charge < -0.3 is 18.9 Å². The fourth-order valence-electron chi connectivity index (χ4n) is 1.90. The van der Waals surface area contributed by atoms with Crippen LogP contribution in [0.15, 0.2) is 24.3 Å². The van der Waals surface area contributed by atoms with Crippen LogP contribution in [-0.4, -0.2) is 53.4 Å². The minimum atomic E-state index is 0.610. The number of methoxy groups -OCH3 is 1. The maximum absolute atomic E-state index is 5.56. The molecular weight excluding hydrogens is 395 g/mol. The van der Waals surface area contributed by atoms with E-state index in [4.69, 9.17) is 18.9 Å². The SMILES string of the molecule is COCCOCCOCCOCCCCc1ccccc1I. The molecule has 0 amide bonds. The molecule has 1 rings (SSSR count). The number of unbranched alkanes of at least 4 members (excludes halogenated alkanes) is 1. The van der Waals surface area contributed by atoms with Crippen molar-refractivity contribution in [1.82, 2.24) is 0 Å². The third-order valence-corrected chi connectivity index (χ3v) is 4.17. The highest BCUT2D eigenvalue weighted by molar-refractivity contribution is 14.1. The Kier molecular flexibility index (Phi) is 13.0. The van der Waals surface area contributed by atoms with Gasteiger partial charge in [0.2, 0.25) is 0 Å². The summed E-state index contributed by atoms with van der Waals surface area (Å²) in [5.74, 6) is 0. The largest absolute Gasteiger partial charge is 0.382 e. The van der Waals surface area contributed by atoms with Crippen molar-refractivity contribution >= 4 is 22.6 Å². The Bertz CT molecular complexity index is 373. The number of ether oxygens (including phenoxy) is 4. The second-order valence-electron chi connectivity index (χ2n) is 4.88. The van der Waals surface area contributed by atoms with Gasteiger partial charge in [-0.05, 0) is 53.5 Å². The maximum Gasteiger partial charge on any atom is 0.0701 e. The van der Waals surface area contributed by atoms with E-state index in [1.165, 1.54) is 9.13 Å². The van der Waals surface area contributed by atoms with E-state index in [9.17, 15) is 0 Å². The molecule has 22 heavy (non-hydrogen) atoms. The zero-order valence-electron chi connectivity index (χ0n) is 13.4. The van der Waals surface area contributed by atoms with Crippen molar-refractivity contribution in [2.75, 3.05) is 53.4 Å². The number of halogens is 1. The van der Waals surface area contributed by atoms with Crippen LogP contribution >= 0.6 is 22.6 Å². The van der Waals surface area contributed by atoms with Gasteiger partial charge >= 0.3 is 0 Å². The van der Waals surface area contributed by atoms with Crippen LogP contribution in [0.5, 0.6) is 0 Å². The van der Waals surface area contributed by atoms with Gasteiger partial charge in [0.25, 0.3) is 0 Å². The Hall–Kier alpha value is -0.210. The van der Waals surface area contributed by atoms with E-state index < -0.39 is 0 Å². The van der Waals surface area contributed by atoms with Crippen LogP contribution in [-0.2, 0) is 25.4 Å². The zero-order valence-corrected chi connectivity index (χ0v) is 15.5. The summed E-state index contributed by atoms with van der Waals surface area (Å²) in [6.07, 6.45) is 3.37. The van der Waals surface area contributed by atoms with Crippen molar-refractivity contribution in [3.63, 3.8) is 0 Å². The molecule has 0 unspecified atom stereocenters. The molecule has 5 heteroatoms. The Morgan fingerprint density at radius 2 is 1.36 bits per heavy atom. The minimum absolute atomic E-state index is 0.610. The Morgan fingerprint density at radius 3 is 2.00 bits per heavy atom. The molecule has 0 aliphatic carbocycles. The van der Waals surface area contributed by atoms with Crippen LogP contribution in [0, 0.1) is 3.57 Å². The molecule has 0 saturated carbocycles. The van der Waals surface area contributed by atoms with Gasteiger partial charge in [0.1, 0.15) is 0 Å². The summed E-state index contributed by atoms with van der Waals surface area (Å²) in [5.41, 5.74) is 1.43. The quantitative estimate of drug-likeness (QED) is 0.341. The molecule has 4 nitrogen and oxygen atoms in total. The summed E-state index contributed by atoms with van der Waals surface area (Å²) < 4.78 is 22.5. The van der Waals surface area contributed by atoms with E-state index in [0.29, 0.717) is 39.6 Å². The average Bonchev–Trinajstić information content (AvgIpc) is 2.53. The van der Waals surface area contributed by atoms with E-state index in [1.807, 2.05) is 0 Å². The molecule has 0 aliphatic heterocycles. The second kappa shape index (κ2) is 14.4. The number of aryl methyl sites for hydroxylation is 1. The Labute approximate surface area is 147 Å². The monoisotopic (exact) mass is 422 g/mol. The number of rotatable bonds is 14. The van der Waals surface area contributed by atoms with Gasteiger partial charge in [-0.3, -0.25) is 0 Å². The van der Waals surface area contributed by atoms with Gasteiger partial charge in [0, 0.05) is 17.3 Å². The van der Waals surface area contributed by atoms with Gasteiger partial charge in [-0.25, -0.2) is 0 Å². The van der Waals surface area contributed by atoms with Crippen LogP contribution in [0.4, 0.5) is 0 Å². The number of benzene rings is 1. The van der Waals surface area contributed by atoms with Crippen LogP contribution < -0.4 is 0 Å². The predicted octanol–water partition coefficient (Wildman–Crippen LogP) is 3.31. The summed E-state index contributed by atoms with van der Waals surface area (Å²) in [6.45, 7) is 4.56. The molecule has 0 fully saturated rings. The maximum atomic E-state index is 5.56. The minimum Gasteiger partial charge on any atom is -0.382 e. The van der Waals surface area contributed by atoms with Crippen molar-refractivity contribution in [2.45, 2.75) is 19.3 Å². The lowest BCUT2D eigenvalue weighted by atomic mass is 10.1. The van der Waals surface area contributed by atoms with E-state index in [0.717, 1.165) is 25.9 Å². The van der Waals surface area contributed by atoms with Gasteiger partial charge in [-0.2, -0.15) is 0 Å². The van der Waals surface area contributed by atoms with E-state index >= 15 is 0 Å². The number of hydrogen-bond acceptors (Lipinski definition) is 4. The molecule has 126 valence electrons. The molecule has 0 aromatic heterocycles. The smallest absolute Gasteiger partial charge is 0.0701 e. The van der Waals surface area contributed by atoms with Crippen LogP contribution in [0.2, 0.25) is 0 Å².